The van der Waals surface area contributed by atoms with Crippen molar-refractivity contribution in [2.45, 2.75) is 6.92 Å². The van der Waals surface area contributed by atoms with Crippen LogP contribution < -0.4 is 11.0 Å². The largest absolute Gasteiger partial charge is 0.279 e. The summed E-state index contributed by atoms with van der Waals surface area (Å²) in [5.41, 5.74) is 5.71. The number of benzene rings is 2. The van der Waals surface area contributed by atoms with Crippen molar-refractivity contribution in [3.63, 3.8) is 0 Å². The van der Waals surface area contributed by atoms with Crippen LogP contribution in [0.5, 0.6) is 0 Å². The zero-order valence-corrected chi connectivity index (χ0v) is 14.2. The number of nitrogens with one attached hydrogen (secondary N) is 1. The van der Waals surface area contributed by atoms with E-state index in [0.29, 0.717) is 16.3 Å². The molecular weight excluding hydrogens is 324 g/mol. The molecule has 0 radical (unpaired) electrons. The minimum Gasteiger partial charge on any atom is -0.279 e. The molecule has 6 heteroatoms. The summed E-state index contributed by atoms with van der Waals surface area (Å²) in [6.07, 6.45) is 1.62. The Morgan fingerprint density at radius 3 is 2.46 bits per heavy atom. The van der Waals surface area contributed by atoms with Crippen molar-refractivity contribution in [3.05, 3.63) is 81.2 Å². The second kappa shape index (κ2) is 6.76. The molecule has 122 valence electrons. The lowest BCUT2D eigenvalue weighted by atomic mass is 10.3. The summed E-state index contributed by atoms with van der Waals surface area (Å²) in [6.45, 7) is 1.79. The second-order valence-electron chi connectivity index (χ2n) is 5.34. The summed E-state index contributed by atoms with van der Waals surface area (Å²) in [4.78, 5) is 12.5. The minimum atomic E-state index is -0.0668. The number of halogens is 1. The van der Waals surface area contributed by atoms with Crippen LogP contribution in [0, 0.1) is 6.92 Å². The molecule has 24 heavy (non-hydrogen) atoms. The molecule has 0 spiro atoms. The molecule has 1 N–H and O–H groups in total. The average molecular weight is 341 g/mol. The fraction of sp³-hybridized carbons (Fsp3) is 0.111. The summed E-state index contributed by atoms with van der Waals surface area (Å²) >= 11 is 6.08. The summed E-state index contributed by atoms with van der Waals surface area (Å²) in [6, 6.07) is 16.8. The van der Waals surface area contributed by atoms with Crippen LogP contribution in [0.4, 0.5) is 5.69 Å². The molecular formula is C18H17ClN4O. The van der Waals surface area contributed by atoms with Gasteiger partial charge in [-0.05, 0) is 31.2 Å². The Hall–Kier alpha value is -2.79. The lowest BCUT2D eigenvalue weighted by Gasteiger charge is -2.08. The van der Waals surface area contributed by atoms with E-state index in [9.17, 15) is 4.79 Å². The van der Waals surface area contributed by atoms with Crippen molar-refractivity contribution in [1.82, 2.24) is 9.36 Å². The fourth-order valence-corrected chi connectivity index (χ4v) is 2.69. The predicted octanol–water partition coefficient (Wildman–Crippen LogP) is 3.58. The molecule has 1 heterocycles. The Morgan fingerprint density at radius 1 is 1.08 bits per heavy atom. The number of rotatable bonds is 4. The molecule has 1 aromatic heterocycles. The highest BCUT2D eigenvalue weighted by molar-refractivity contribution is 6.33. The first-order valence-corrected chi connectivity index (χ1v) is 7.85. The molecule has 5 nitrogen and oxygen atoms in total. The molecule has 0 bridgehead atoms. The molecule has 0 aliphatic carbocycles. The van der Waals surface area contributed by atoms with Crippen molar-refractivity contribution in [1.29, 1.82) is 0 Å². The van der Waals surface area contributed by atoms with Crippen LogP contribution in [0.3, 0.4) is 0 Å². The van der Waals surface area contributed by atoms with Gasteiger partial charge in [0.05, 0.1) is 28.3 Å². The first-order chi connectivity index (χ1) is 11.6. The molecule has 2 aromatic carbocycles. The zero-order chi connectivity index (χ0) is 17.1. The molecule has 3 aromatic rings. The summed E-state index contributed by atoms with van der Waals surface area (Å²) in [5, 5.41) is 4.80. The molecule has 0 fully saturated rings. The topological polar surface area (TPSA) is 51.3 Å². The Bertz CT molecular complexity index is 941. The van der Waals surface area contributed by atoms with Crippen LogP contribution in [0.25, 0.3) is 5.69 Å². The van der Waals surface area contributed by atoms with Crippen LogP contribution in [0.15, 0.2) is 64.5 Å². The standard InChI is InChI=1S/C18H17ClN4O/c1-13-17(12-20-21-16-11-7-6-10-15(16)19)22(2)23(18(13)24)14-8-4-3-5-9-14/h3-12,21H,1-2H3/b20-12-. The maximum Gasteiger partial charge on any atom is 0.274 e. The monoisotopic (exact) mass is 340 g/mol. The number of hydrazone groups is 1. The van der Waals surface area contributed by atoms with Crippen LogP contribution in [0.2, 0.25) is 5.02 Å². The van der Waals surface area contributed by atoms with E-state index in [2.05, 4.69) is 10.5 Å². The van der Waals surface area contributed by atoms with Crippen LogP contribution in [0.1, 0.15) is 11.3 Å². The fourth-order valence-electron chi connectivity index (χ4n) is 2.51. The molecule has 0 aliphatic rings. The third kappa shape index (κ3) is 2.98. The molecule has 0 unspecified atom stereocenters. The van der Waals surface area contributed by atoms with Crippen molar-refractivity contribution in [3.8, 4) is 5.69 Å². The van der Waals surface area contributed by atoms with Gasteiger partial charge in [-0.2, -0.15) is 5.10 Å². The van der Waals surface area contributed by atoms with Gasteiger partial charge in [-0.25, -0.2) is 4.68 Å². The molecule has 0 aliphatic heterocycles. The van der Waals surface area contributed by atoms with Crippen LogP contribution in [-0.2, 0) is 7.05 Å². The Kier molecular flexibility index (Phi) is 4.53. The minimum absolute atomic E-state index is 0.0668. The third-order valence-electron chi connectivity index (χ3n) is 3.79. The molecule has 0 saturated carbocycles. The number of para-hydroxylation sites is 2. The highest BCUT2D eigenvalue weighted by Gasteiger charge is 2.13. The van der Waals surface area contributed by atoms with E-state index in [4.69, 9.17) is 11.6 Å². The molecule has 0 saturated heterocycles. The number of hydrogen-bond donors (Lipinski definition) is 1. The third-order valence-corrected chi connectivity index (χ3v) is 4.12. The van der Waals surface area contributed by atoms with Gasteiger partial charge in [0.25, 0.3) is 5.56 Å². The SMILES string of the molecule is Cc1c(/C=N\Nc2ccccc2Cl)n(C)n(-c2ccccc2)c1=O. The predicted molar refractivity (Wildman–Crippen MR) is 98.4 cm³/mol. The average Bonchev–Trinajstić information content (AvgIpc) is 2.80. The summed E-state index contributed by atoms with van der Waals surface area (Å²) < 4.78 is 3.40. The number of aromatic nitrogens is 2. The van der Waals surface area contributed by atoms with Crippen molar-refractivity contribution < 1.29 is 0 Å². The first-order valence-electron chi connectivity index (χ1n) is 7.47. The van der Waals surface area contributed by atoms with Gasteiger partial charge >= 0.3 is 0 Å². The van der Waals surface area contributed by atoms with Crippen LogP contribution >= 0.6 is 11.6 Å². The van der Waals surface area contributed by atoms with E-state index in [1.54, 1.807) is 28.6 Å². The normalized spacial score (nSPS) is 11.1. The summed E-state index contributed by atoms with van der Waals surface area (Å²) in [5.74, 6) is 0. The van der Waals surface area contributed by atoms with Gasteiger partial charge in [-0.1, -0.05) is 41.9 Å². The second-order valence-corrected chi connectivity index (χ2v) is 5.74. The molecule has 0 amide bonds. The quantitative estimate of drug-likeness (QED) is 0.583. The summed E-state index contributed by atoms with van der Waals surface area (Å²) in [7, 11) is 1.83. The highest BCUT2D eigenvalue weighted by atomic mass is 35.5. The van der Waals surface area contributed by atoms with E-state index >= 15 is 0 Å². The van der Waals surface area contributed by atoms with Crippen LogP contribution in [-0.4, -0.2) is 15.6 Å². The Balaban J connectivity index is 1.94. The maximum absolute atomic E-state index is 12.5. The van der Waals surface area contributed by atoms with Gasteiger partial charge < -0.3 is 0 Å². The lowest BCUT2D eigenvalue weighted by Crippen LogP contribution is -2.20. The molecule has 3 rings (SSSR count). The maximum atomic E-state index is 12.5. The number of nitrogens with zero attached hydrogens (tertiary/aromatic N) is 3. The number of hydrogen-bond acceptors (Lipinski definition) is 3. The number of anilines is 1. The van der Waals surface area contributed by atoms with Gasteiger partial charge in [-0.15, -0.1) is 0 Å². The van der Waals surface area contributed by atoms with E-state index in [1.165, 1.54) is 0 Å². The highest BCUT2D eigenvalue weighted by Crippen LogP contribution is 2.20. The Labute approximate surface area is 144 Å². The van der Waals surface area contributed by atoms with Gasteiger partial charge in [0.1, 0.15) is 0 Å². The van der Waals surface area contributed by atoms with Gasteiger partial charge in [-0.3, -0.25) is 14.9 Å². The van der Waals surface area contributed by atoms with E-state index in [-0.39, 0.29) is 5.56 Å². The lowest BCUT2D eigenvalue weighted by molar-refractivity contribution is 0.643. The first kappa shape index (κ1) is 16.1. The van der Waals surface area contributed by atoms with E-state index < -0.39 is 0 Å². The van der Waals surface area contributed by atoms with Gasteiger partial charge in [0.15, 0.2) is 0 Å². The smallest absolute Gasteiger partial charge is 0.274 e. The van der Waals surface area contributed by atoms with Crippen molar-refractivity contribution in [2.75, 3.05) is 5.43 Å². The van der Waals surface area contributed by atoms with Crippen molar-refractivity contribution >= 4 is 23.5 Å². The van der Waals surface area contributed by atoms with E-state index in [0.717, 1.165) is 11.4 Å². The van der Waals surface area contributed by atoms with Gasteiger partial charge in [0, 0.05) is 12.6 Å². The van der Waals surface area contributed by atoms with Crippen molar-refractivity contribution in [2.24, 2.45) is 12.1 Å². The zero-order valence-electron chi connectivity index (χ0n) is 13.4. The Morgan fingerprint density at radius 2 is 1.75 bits per heavy atom. The van der Waals surface area contributed by atoms with Gasteiger partial charge in [0.2, 0.25) is 0 Å². The van der Waals surface area contributed by atoms with E-state index in [1.807, 2.05) is 55.6 Å². The molecule has 0 atom stereocenters.